The number of carbonyl (C=O) groups excluding carboxylic acids is 7. The summed E-state index contributed by atoms with van der Waals surface area (Å²) in [7, 11) is 0. The lowest BCUT2D eigenvalue weighted by molar-refractivity contribution is -0.172. The quantitative estimate of drug-likeness (QED) is 0.0604. The number of halogens is 1. The lowest BCUT2D eigenvalue weighted by Gasteiger charge is -2.31. The molecular weight excluding hydrogens is 880 g/mol. The number of ketones is 2. The summed E-state index contributed by atoms with van der Waals surface area (Å²) in [6.45, 7) is 8.01. The number of aryl methyl sites for hydroxylation is 1. The zero-order valence-electron chi connectivity index (χ0n) is 38.9. The number of carbonyl (C=O) groups is 7. The molecule has 1 aliphatic carbocycles. The number of alkyl carbamates (subject to hydrolysis) is 1. The number of hydrogen-bond acceptors (Lipinski definition) is 12. The maximum Gasteiger partial charge on any atom is 0.408 e. The van der Waals surface area contributed by atoms with Gasteiger partial charge in [-0.2, -0.15) is 0 Å². The van der Waals surface area contributed by atoms with Gasteiger partial charge in [-0.05, 0) is 88.1 Å². The lowest BCUT2D eigenvalue weighted by atomic mass is 9.81. The van der Waals surface area contributed by atoms with Crippen LogP contribution in [-0.2, 0) is 69.8 Å². The van der Waals surface area contributed by atoms with Crippen molar-refractivity contribution in [1.82, 2.24) is 30.8 Å². The number of benzene rings is 2. The third-order valence-electron chi connectivity index (χ3n) is 12.7. The molecule has 5 N–H and O–H groups in total. The van der Waals surface area contributed by atoms with Gasteiger partial charge in [0.1, 0.15) is 18.0 Å². The number of Topliss-reactive ketones (excluding diaryl/α,β-unsaturated/α-hetero) is 2. The molecule has 17 nitrogen and oxygen atoms in total. The summed E-state index contributed by atoms with van der Waals surface area (Å²) in [5.41, 5.74) is 1.66. The SMILES string of the molecule is CC[C@@]1(O)C(=O)OCc2c1cc1n(c2=O)Cc2c-1nc1cc(F)c(C)c3c1c2C(NC(=O)CCCNC(=O)CCC(=O)[C@H](Cc1ccccc1)NC(=O)CCC(=O)CNC(=O)OC(C)(C)C)CC3. The van der Waals surface area contributed by atoms with Crippen LogP contribution in [0.3, 0.4) is 0 Å². The highest BCUT2D eigenvalue weighted by Gasteiger charge is 2.46. The molecule has 3 atom stereocenters. The van der Waals surface area contributed by atoms with Crippen LogP contribution in [0.15, 0.2) is 47.3 Å². The van der Waals surface area contributed by atoms with Gasteiger partial charge in [0.25, 0.3) is 5.56 Å². The van der Waals surface area contributed by atoms with Crippen molar-refractivity contribution in [3.8, 4) is 11.4 Å². The van der Waals surface area contributed by atoms with E-state index in [2.05, 4.69) is 21.3 Å². The molecule has 0 saturated carbocycles. The van der Waals surface area contributed by atoms with Crippen molar-refractivity contribution in [2.45, 2.75) is 135 Å². The molecule has 360 valence electrons. The fourth-order valence-corrected chi connectivity index (χ4v) is 9.13. The van der Waals surface area contributed by atoms with Crippen LogP contribution in [0.1, 0.15) is 124 Å². The molecule has 0 saturated heterocycles. The molecule has 2 aliphatic heterocycles. The number of rotatable bonds is 18. The van der Waals surface area contributed by atoms with E-state index in [1.54, 1.807) is 52.8 Å². The van der Waals surface area contributed by atoms with Crippen molar-refractivity contribution in [3.63, 3.8) is 0 Å². The summed E-state index contributed by atoms with van der Waals surface area (Å²) in [5, 5.41) is 23.0. The second kappa shape index (κ2) is 20.2. The first kappa shape index (κ1) is 49.1. The van der Waals surface area contributed by atoms with Crippen LogP contribution in [0, 0.1) is 12.7 Å². The number of nitrogens with zero attached hydrogens (tertiary/aromatic N) is 2. The van der Waals surface area contributed by atoms with Gasteiger partial charge in [-0.15, -0.1) is 0 Å². The summed E-state index contributed by atoms with van der Waals surface area (Å²) in [6, 6.07) is 10.5. The van der Waals surface area contributed by atoms with Crippen molar-refractivity contribution in [2.24, 2.45) is 0 Å². The van der Waals surface area contributed by atoms with Crippen molar-refractivity contribution in [2.75, 3.05) is 13.1 Å². The van der Waals surface area contributed by atoms with Crippen LogP contribution in [0.4, 0.5) is 9.18 Å². The first-order valence-corrected chi connectivity index (χ1v) is 23.0. The maximum atomic E-state index is 15.3. The normalized spacial score (nSPS) is 17.2. The number of cyclic esters (lactones) is 1. The number of fused-ring (bicyclic) bond motifs is 5. The Labute approximate surface area is 391 Å². The van der Waals surface area contributed by atoms with Crippen LogP contribution in [0.25, 0.3) is 22.3 Å². The van der Waals surface area contributed by atoms with Gasteiger partial charge < -0.3 is 40.4 Å². The third-order valence-corrected chi connectivity index (χ3v) is 12.7. The number of ether oxygens (including phenoxy) is 2. The largest absolute Gasteiger partial charge is 0.458 e. The van der Waals surface area contributed by atoms with Gasteiger partial charge in [0, 0.05) is 61.2 Å². The first-order valence-electron chi connectivity index (χ1n) is 23.0. The number of hydrogen-bond donors (Lipinski definition) is 5. The van der Waals surface area contributed by atoms with Gasteiger partial charge in [-0.25, -0.2) is 19.0 Å². The molecule has 0 bridgehead atoms. The van der Waals surface area contributed by atoms with Crippen molar-refractivity contribution >= 4 is 52.3 Å². The standard InChI is InChI=1S/C50H57FN6O11/c1-6-50(66)33-22-38-45-31(25-57(38)46(63)32(33)26-67-47(50)64)44-35(16-15-30-27(2)34(51)23-37(56-45)43(30)44)54-41(61)13-10-20-52-40(60)19-17-39(59)36(21-28-11-8-7-9-12-28)55-42(62)18-14-29(58)24-53-48(65)68-49(3,4)5/h7-9,11-12,22-23,35-36,66H,6,10,13-21,24-26H2,1-5H3,(H,52,60)(H,53,65)(H,54,61)(H,55,62)/t35?,36-,50-/m0/s1. The highest BCUT2D eigenvalue weighted by Crippen LogP contribution is 2.46. The Bertz CT molecular complexity index is 2770. The summed E-state index contributed by atoms with van der Waals surface area (Å²) >= 11 is 0. The molecular formula is C50H57FN6O11. The number of aliphatic hydroxyl groups is 1. The first-order chi connectivity index (χ1) is 32.3. The molecule has 2 aromatic carbocycles. The van der Waals surface area contributed by atoms with Gasteiger partial charge in [-0.1, -0.05) is 37.3 Å². The Hall–Kier alpha value is -6.82. The number of pyridine rings is 2. The van der Waals surface area contributed by atoms with E-state index in [-0.39, 0.29) is 100 Å². The van der Waals surface area contributed by atoms with Gasteiger partial charge in [0.15, 0.2) is 17.2 Å². The van der Waals surface area contributed by atoms with Gasteiger partial charge in [-0.3, -0.25) is 28.8 Å². The zero-order chi connectivity index (χ0) is 49.1. The van der Waals surface area contributed by atoms with E-state index in [0.29, 0.717) is 46.3 Å². The average Bonchev–Trinajstić information content (AvgIpc) is 3.67. The number of aromatic nitrogens is 2. The smallest absolute Gasteiger partial charge is 0.408 e. The Kier molecular flexibility index (Phi) is 14.6. The predicted molar refractivity (Wildman–Crippen MR) is 245 cm³/mol. The average molecular weight is 937 g/mol. The zero-order valence-corrected chi connectivity index (χ0v) is 38.9. The highest BCUT2D eigenvalue weighted by molar-refractivity contribution is 5.95. The third kappa shape index (κ3) is 10.6. The minimum Gasteiger partial charge on any atom is -0.458 e. The predicted octanol–water partition coefficient (Wildman–Crippen LogP) is 4.48. The summed E-state index contributed by atoms with van der Waals surface area (Å²) in [4.78, 5) is 109. The van der Waals surface area contributed by atoms with E-state index in [0.717, 1.165) is 16.7 Å². The lowest BCUT2D eigenvalue weighted by Crippen LogP contribution is -2.44. The van der Waals surface area contributed by atoms with Crippen molar-refractivity contribution in [1.29, 1.82) is 0 Å². The van der Waals surface area contributed by atoms with Crippen LogP contribution < -0.4 is 26.8 Å². The molecule has 0 radical (unpaired) electrons. The number of nitrogens with one attached hydrogen (secondary N) is 4. The van der Waals surface area contributed by atoms with Crippen LogP contribution >= 0.6 is 0 Å². The monoisotopic (exact) mass is 936 g/mol. The van der Waals surface area contributed by atoms with Gasteiger partial charge in [0.05, 0.1) is 47.6 Å². The molecule has 1 unspecified atom stereocenters. The topological polar surface area (TPSA) is 241 Å². The van der Waals surface area contributed by atoms with Crippen LogP contribution in [0.2, 0.25) is 0 Å². The number of amides is 4. The van der Waals surface area contributed by atoms with Crippen LogP contribution in [-0.4, -0.2) is 80.7 Å². The second-order valence-electron chi connectivity index (χ2n) is 18.6. The molecule has 4 aromatic rings. The molecule has 2 aromatic heterocycles. The van der Waals surface area contributed by atoms with Crippen molar-refractivity contribution in [3.05, 3.63) is 97.6 Å². The van der Waals surface area contributed by atoms with E-state index < -0.39 is 64.3 Å². The molecule has 4 heterocycles. The molecule has 0 spiro atoms. The molecule has 18 heteroatoms. The van der Waals surface area contributed by atoms with Gasteiger partial charge >= 0.3 is 12.1 Å². The van der Waals surface area contributed by atoms with E-state index >= 15 is 4.39 Å². The number of esters is 1. The van der Waals surface area contributed by atoms with E-state index in [1.165, 1.54) is 10.6 Å². The van der Waals surface area contributed by atoms with E-state index in [4.69, 9.17) is 14.5 Å². The minimum absolute atomic E-state index is 0.0273. The molecule has 4 amide bonds. The summed E-state index contributed by atoms with van der Waals surface area (Å²) < 4.78 is 27.2. The summed E-state index contributed by atoms with van der Waals surface area (Å²) in [6.07, 6.45) is -0.130. The Balaban J connectivity index is 0.946. The summed E-state index contributed by atoms with van der Waals surface area (Å²) in [5.74, 6) is -3.31. The Morgan fingerprint density at radius 1 is 0.956 bits per heavy atom. The molecule has 7 rings (SSSR count). The molecule has 68 heavy (non-hydrogen) atoms. The maximum absolute atomic E-state index is 15.3. The fraction of sp³-hybridized carbons (Fsp3) is 0.460. The highest BCUT2D eigenvalue weighted by atomic mass is 19.1. The van der Waals surface area contributed by atoms with Crippen molar-refractivity contribution < 1.29 is 52.5 Å². The van der Waals surface area contributed by atoms with E-state index in [9.17, 15) is 43.5 Å². The second-order valence-corrected chi connectivity index (χ2v) is 18.6. The molecule has 3 aliphatic rings. The fourth-order valence-electron chi connectivity index (χ4n) is 9.13. The Morgan fingerprint density at radius 3 is 2.41 bits per heavy atom. The van der Waals surface area contributed by atoms with Crippen LogP contribution in [0.5, 0.6) is 0 Å². The molecule has 0 fully saturated rings. The van der Waals surface area contributed by atoms with Gasteiger partial charge in [0.2, 0.25) is 17.7 Å². The van der Waals surface area contributed by atoms with E-state index in [1.807, 2.05) is 18.2 Å². The minimum atomic E-state index is -2.03. The Morgan fingerprint density at radius 2 is 1.69 bits per heavy atom.